The fourth-order valence-corrected chi connectivity index (χ4v) is 2.62. The maximum absolute atomic E-state index is 12.0. The van der Waals surface area contributed by atoms with Gasteiger partial charge in [0.25, 0.3) is 5.91 Å². The van der Waals surface area contributed by atoms with E-state index in [0.717, 1.165) is 31.9 Å². The first kappa shape index (κ1) is 14.7. The SMILES string of the molecule is CNC(=O)c1ccc(N)cc1N1CCN(C(C)C)CC1. The van der Waals surface area contributed by atoms with Gasteiger partial charge in [0.1, 0.15) is 0 Å². The monoisotopic (exact) mass is 276 g/mol. The Balaban J connectivity index is 2.20. The van der Waals surface area contributed by atoms with Crippen molar-refractivity contribution in [1.29, 1.82) is 0 Å². The fraction of sp³-hybridized carbons (Fsp3) is 0.533. The van der Waals surface area contributed by atoms with Crippen LogP contribution in [0.3, 0.4) is 0 Å². The van der Waals surface area contributed by atoms with E-state index in [1.807, 2.05) is 6.07 Å². The summed E-state index contributed by atoms with van der Waals surface area (Å²) in [6.45, 7) is 8.30. The lowest BCUT2D eigenvalue weighted by atomic mass is 10.1. The number of anilines is 2. The molecule has 0 bridgehead atoms. The van der Waals surface area contributed by atoms with Gasteiger partial charge in [0, 0.05) is 45.0 Å². The quantitative estimate of drug-likeness (QED) is 0.813. The van der Waals surface area contributed by atoms with E-state index in [1.54, 1.807) is 19.2 Å². The lowest BCUT2D eigenvalue weighted by Gasteiger charge is -2.38. The summed E-state index contributed by atoms with van der Waals surface area (Å²) in [6.07, 6.45) is 0. The second-order valence-corrected chi connectivity index (χ2v) is 5.47. The van der Waals surface area contributed by atoms with E-state index in [4.69, 9.17) is 5.73 Å². The summed E-state index contributed by atoms with van der Waals surface area (Å²) in [5.74, 6) is -0.0636. The molecule has 5 heteroatoms. The minimum Gasteiger partial charge on any atom is -0.399 e. The van der Waals surface area contributed by atoms with Gasteiger partial charge in [-0.1, -0.05) is 0 Å². The standard InChI is InChI=1S/C15H24N4O/c1-11(2)18-6-8-19(9-7-18)14-10-12(16)4-5-13(14)15(20)17-3/h4-5,10-11H,6-9,16H2,1-3H3,(H,17,20). The predicted octanol–water partition coefficient (Wildman–Crippen LogP) is 1.16. The highest BCUT2D eigenvalue weighted by atomic mass is 16.1. The molecule has 2 rings (SSSR count). The van der Waals surface area contributed by atoms with Gasteiger partial charge in [-0.3, -0.25) is 9.69 Å². The van der Waals surface area contributed by atoms with Crippen LogP contribution in [0.2, 0.25) is 0 Å². The van der Waals surface area contributed by atoms with Crippen LogP contribution in [0.4, 0.5) is 11.4 Å². The summed E-state index contributed by atoms with van der Waals surface area (Å²) in [4.78, 5) is 16.7. The molecule has 1 heterocycles. The van der Waals surface area contributed by atoms with Crippen LogP contribution in [0.15, 0.2) is 18.2 Å². The molecule has 0 aliphatic carbocycles. The molecule has 1 fully saturated rings. The number of nitrogens with two attached hydrogens (primary N) is 1. The number of piperazine rings is 1. The molecule has 0 atom stereocenters. The Kier molecular flexibility index (Phi) is 4.49. The minimum atomic E-state index is -0.0636. The van der Waals surface area contributed by atoms with Gasteiger partial charge in [-0.2, -0.15) is 0 Å². The van der Waals surface area contributed by atoms with Crippen molar-refractivity contribution in [2.75, 3.05) is 43.9 Å². The topological polar surface area (TPSA) is 61.6 Å². The third kappa shape index (κ3) is 3.04. The lowest BCUT2D eigenvalue weighted by Crippen LogP contribution is -2.49. The largest absolute Gasteiger partial charge is 0.399 e. The van der Waals surface area contributed by atoms with Crippen molar-refractivity contribution < 1.29 is 4.79 Å². The zero-order valence-corrected chi connectivity index (χ0v) is 12.5. The highest BCUT2D eigenvalue weighted by Crippen LogP contribution is 2.25. The summed E-state index contributed by atoms with van der Waals surface area (Å²) in [5, 5.41) is 2.69. The maximum Gasteiger partial charge on any atom is 0.253 e. The van der Waals surface area contributed by atoms with Gasteiger partial charge < -0.3 is 16.0 Å². The smallest absolute Gasteiger partial charge is 0.253 e. The van der Waals surface area contributed by atoms with Crippen LogP contribution >= 0.6 is 0 Å². The number of hydrogen-bond donors (Lipinski definition) is 2. The molecule has 20 heavy (non-hydrogen) atoms. The van der Waals surface area contributed by atoms with E-state index in [0.29, 0.717) is 17.3 Å². The van der Waals surface area contributed by atoms with Crippen LogP contribution in [-0.2, 0) is 0 Å². The Labute approximate surface area is 120 Å². The molecular formula is C15H24N4O. The molecule has 3 N–H and O–H groups in total. The maximum atomic E-state index is 12.0. The highest BCUT2D eigenvalue weighted by molar-refractivity contribution is 6.00. The number of carbonyl (C=O) groups is 1. The minimum absolute atomic E-state index is 0.0636. The van der Waals surface area contributed by atoms with Crippen LogP contribution < -0.4 is 16.0 Å². The first-order valence-electron chi connectivity index (χ1n) is 7.13. The number of rotatable bonds is 3. The van der Waals surface area contributed by atoms with Gasteiger partial charge in [0.05, 0.1) is 11.3 Å². The van der Waals surface area contributed by atoms with E-state index >= 15 is 0 Å². The van der Waals surface area contributed by atoms with Crippen molar-refractivity contribution in [1.82, 2.24) is 10.2 Å². The molecule has 110 valence electrons. The van der Waals surface area contributed by atoms with Crippen LogP contribution in [0.25, 0.3) is 0 Å². The van der Waals surface area contributed by atoms with Gasteiger partial charge in [0.15, 0.2) is 0 Å². The van der Waals surface area contributed by atoms with E-state index < -0.39 is 0 Å². The summed E-state index contributed by atoms with van der Waals surface area (Å²) >= 11 is 0. The second-order valence-electron chi connectivity index (χ2n) is 5.47. The number of benzene rings is 1. The van der Waals surface area contributed by atoms with Crippen LogP contribution in [0, 0.1) is 0 Å². The molecule has 0 aromatic heterocycles. The number of amides is 1. The summed E-state index contributed by atoms with van der Waals surface area (Å²) in [5.41, 5.74) is 8.21. The number of hydrogen-bond acceptors (Lipinski definition) is 4. The van der Waals surface area contributed by atoms with Crippen LogP contribution in [-0.4, -0.2) is 50.1 Å². The van der Waals surface area contributed by atoms with E-state index in [2.05, 4.69) is 29.0 Å². The molecule has 0 spiro atoms. The molecule has 1 aromatic carbocycles. The Hall–Kier alpha value is -1.75. The molecule has 1 aliphatic heterocycles. The third-order valence-corrected chi connectivity index (χ3v) is 3.88. The molecule has 5 nitrogen and oxygen atoms in total. The molecule has 0 radical (unpaired) electrons. The number of carbonyl (C=O) groups excluding carboxylic acids is 1. The van der Waals surface area contributed by atoms with Gasteiger partial charge >= 0.3 is 0 Å². The molecule has 1 saturated heterocycles. The first-order chi connectivity index (χ1) is 9.52. The first-order valence-corrected chi connectivity index (χ1v) is 7.13. The summed E-state index contributed by atoms with van der Waals surface area (Å²) < 4.78 is 0. The summed E-state index contributed by atoms with van der Waals surface area (Å²) in [6, 6.07) is 6.04. The zero-order valence-electron chi connectivity index (χ0n) is 12.5. The van der Waals surface area contributed by atoms with Gasteiger partial charge in [-0.15, -0.1) is 0 Å². The highest BCUT2D eigenvalue weighted by Gasteiger charge is 2.22. The third-order valence-electron chi connectivity index (χ3n) is 3.88. The Morgan fingerprint density at radius 3 is 2.45 bits per heavy atom. The van der Waals surface area contributed by atoms with E-state index in [-0.39, 0.29) is 5.91 Å². The van der Waals surface area contributed by atoms with Crippen molar-refractivity contribution in [2.24, 2.45) is 0 Å². The Morgan fingerprint density at radius 2 is 1.90 bits per heavy atom. The van der Waals surface area contributed by atoms with E-state index in [9.17, 15) is 4.79 Å². The second kappa shape index (κ2) is 6.13. The normalized spacial score (nSPS) is 16.5. The molecule has 1 aromatic rings. The van der Waals surface area contributed by atoms with Crippen molar-refractivity contribution in [2.45, 2.75) is 19.9 Å². The van der Waals surface area contributed by atoms with Crippen molar-refractivity contribution in [3.8, 4) is 0 Å². The molecule has 0 unspecified atom stereocenters. The Morgan fingerprint density at radius 1 is 1.25 bits per heavy atom. The average Bonchev–Trinajstić information content (AvgIpc) is 2.46. The molecule has 0 saturated carbocycles. The van der Waals surface area contributed by atoms with Crippen LogP contribution in [0.5, 0.6) is 0 Å². The number of nitrogen functional groups attached to an aromatic ring is 1. The van der Waals surface area contributed by atoms with Crippen molar-refractivity contribution in [3.63, 3.8) is 0 Å². The van der Waals surface area contributed by atoms with Crippen molar-refractivity contribution >= 4 is 17.3 Å². The fourth-order valence-electron chi connectivity index (χ4n) is 2.62. The molecule has 1 aliphatic rings. The van der Waals surface area contributed by atoms with Gasteiger partial charge in [-0.25, -0.2) is 0 Å². The van der Waals surface area contributed by atoms with E-state index in [1.165, 1.54) is 0 Å². The van der Waals surface area contributed by atoms with Crippen LogP contribution in [0.1, 0.15) is 24.2 Å². The molecule has 1 amide bonds. The predicted molar refractivity (Wildman–Crippen MR) is 83.2 cm³/mol. The van der Waals surface area contributed by atoms with Crippen molar-refractivity contribution in [3.05, 3.63) is 23.8 Å². The van der Waals surface area contributed by atoms with Gasteiger partial charge in [0.2, 0.25) is 0 Å². The summed E-state index contributed by atoms with van der Waals surface area (Å²) in [7, 11) is 1.65. The average molecular weight is 276 g/mol. The lowest BCUT2D eigenvalue weighted by molar-refractivity contribution is 0.0963. The Bertz CT molecular complexity index is 479. The zero-order chi connectivity index (χ0) is 14.7. The molecular weight excluding hydrogens is 252 g/mol. The number of nitrogens with one attached hydrogen (secondary N) is 1. The number of nitrogens with zero attached hydrogens (tertiary/aromatic N) is 2. The van der Waals surface area contributed by atoms with Gasteiger partial charge in [-0.05, 0) is 32.0 Å².